The van der Waals surface area contributed by atoms with Crippen LogP contribution in [-0.2, 0) is 9.31 Å². The van der Waals surface area contributed by atoms with Gasteiger partial charge in [-0.1, -0.05) is 0 Å². The number of aromatic nitrogens is 2. The Morgan fingerprint density at radius 3 is 2.24 bits per heavy atom. The molecule has 3 rings (SSSR count). The zero-order chi connectivity index (χ0) is 15.3. The minimum absolute atomic E-state index is 0.281. The average Bonchev–Trinajstić information content (AvgIpc) is 2.92. The molecule has 1 aromatic rings. The van der Waals surface area contributed by atoms with Crippen molar-refractivity contribution in [2.24, 2.45) is 0 Å². The van der Waals surface area contributed by atoms with Gasteiger partial charge in [-0.25, -0.2) is 9.97 Å². The molecule has 2 saturated heterocycles. The summed E-state index contributed by atoms with van der Waals surface area (Å²) in [6.07, 6.45) is 3.98. The molecular weight excluding hydrogens is 269 g/mol. The highest BCUT2D eigenvalue weighted by atomic mass is 16.7. The summed E-state index contributed by atoms with van der Waals surface area (Å²) in [4.78, 5) is 10.7. The lowest BCUT2D eigenvalue weighted by molar-refractivity contribution is 0.00578. The fourth-order valence-electron chi connectivity index (χ4n) is 2.52. The van der Waals surface area contributed by atoms with E-state index in [9.17, 15) is 5.11 Å². The summed E-state index contributed by atoms with van der Waals surface area (Å²) in [5.41, 5.74) is 0.0855. The average molecular weight is 291 g/mol. The molecule has 3 heterocycles. The lowest BCUT2D eigenvalue weighted by Gasteiger charge is -2.32. The van der Waals surface area contributed by atoms with Crippen molar-refractivity contribution in [3.05, 3.63) is 12.4 Å². The Morgan fingerprint density at radius 1 is 1.19 bits per heavy atom. The van der Waals surface area contributed by atoms with Crippen molar-refractivity contribution in [3.8, 4) is 0 Å². The molecule has 0 bridgehead atoms. The van der Waals surface area contributed by atoms with Crippen molar-refractivity contribution in [1.29, 1.82) is 0 Å². The highest BCUT2D eigenvalue weighted by Crippen LogP contribution is 2.36. The number of rotatable bonds is 2. The van der Waals surface area contributed by atoms with Crippen LogP contribution in [0.1, 0.15) is 34.1 Å². The maximum atomic E-state index is 9.57. The van der Waals surface area contributed by atoms with Gasteiger partial charge >= 0.3 is 7.12 Å². The number of aliphatic hydroxyl groups excluding tert-OH is 1. The minimum Gasteiger partial charge on any atom is -0.399 e. The third-order valence-corrected chi connectivity index (χ3v) is 4.63. The van der Waals surface area contributed by atoms with E-state index in [0.29, 0.717) is 12.5 Å². The van der Waals surface area contributed by atoms with Crippen LogP contribution in [0, 0.1) is 0 Å². The first-order chi connectivity index (χ1) is 9.78. The van der Waals surface area contributed by atoms with Crippen LogP contribution >= 0.6 is 0 Å². The van der Waals surface area contributed by atoms with Gasteiger partial charge in [0.05, 0.1) is 17.3 Å². The van der Waals surface area contributed by atoms with Crippen LogP contribution in [-0.4, -0.2) is 52.6 Å². The summed E-state index contributed by atoms with van der Waals surface area (Å²) in [7, 11) is -0.437. The normalized spacial score (nSPS) is 27.4. The van der Waals surface area contributed by atoms with Gasteiger partial charge in [-0.15, -0.1) is 0 Å². The van der Waals surface area contributed by atoms with Crippen molar-refractivity contribution in [3.63, 3.8) is 0 Å². The van der Waals surface area contributed by atoms with E-state index in [4.69, 9.17) is 9.31 Å². The molecule has 0 radical (unpaired) electrons. The van der Waals surface area contributed by atoms with E-state index in [2.05, 4.69) is 9.97 Å². The Balaban J connectivity index is 1.74. The van der Waals surface area contributed by atoms with Crippen LogP contribution in [0.2, 0.25) is 0 Å². The van der Waals surface area contributed by atoms with Gasteiger partial charge in [-0.2, -0.15) is 0 Å². The fourth-order valence-corrected chi connectivity index (χ4v) is 2.52. The zero-order valence-corrected chi connectivity index (χ0v) is 13.0. The van der Waals surface area contributed by atoms with Crippen LogP contribution in [0.5, 0.6) is 0 Å². The van der Waals surface area contributed by atoms with E-state index in [1.165, 1.54) is 0 Å². The summed E-state index contributed by atoms with van der Waals surface area (Å²) in [6, 6.07) is 0. The first kappa shape index (κ1) is 14.7. The Bertz CT molecular complexity index is 505. The van der Waals surface area contributed by atoms with Gasteiger partial charge in [0.2, 0.25) is 5.95 Å². The van der Waals surface area contributed by atoms with Crippen LogP contribution < -0.4 is 10.4 Å². The topological polar surface area (TPSA) is 67.7 Å². The van der Waals surface area contributed by atoms with Crippen molar-refractivity contribution < 1.29 is 14.4 Å². The zero-order valence-electron chi connectivity index (χ0n) is 13.0. The van der Waals surface area contributed by atoms with E-state index in [-0.39, 0.29) is 17.3 Å². The summed E-state index contributed by atoms with van der Waals surface area (Å²) in [5, 5.41) is 9.57. The summed E-state index contributed by atoms with van der Waals surface area (Å²) < 4.78 is 12.0. The van der Waals surface area contributed by atoms with Crippen LogP contribution in [0.4, 0.5) is 5.95 Å². The molecule has 0 amide bonds. The molecule has 7 heteroatoms. The predicted octanol–water partition coefficient (Wildman–Crippen LogP) is 0.347. The maximum Gasteiger partial charge on any atom is 0.498 e. The lowest BCUT2D eigenvalue weighted by atomic mass is 9.81. The number of β-amino-alcohol motifs (C(OH)–C–C–N with tert-alkyl or cyclic N) is 1. The van der Waals surface area contributed by atoms with Crippen molar-refractivity contribution in [2.45, 2.75) is 51.4 Å². The van der Waals surface area contributed by atoms with Gasteiger partial charge in [0, 0.05) is 30.9 Å². The number of hydrogen-bond donors (Lipinski definition) is 1. The third-order valence-electron chi connectivity index (χ3n) is 4.63. The monoisotopic (exact) mass is 291 g/mol. The van der Waals surface area contributed by atoms with Crippen LogP contribution in [0.15, 0.2) is 12.4 Å². The Morgan fingerprint density at radius 2 is 1.76 bits per heavy atom. The van der Waals surface area contributed by atoms with E-state index < -0.39 is 7.12 Å². The third kappa shape index (κ3) is 2.65. The lowest BCUT2D eigenvalue weighted by Crippen LogP contribution is -2.41. The minimum atomic E-state index is -0.437. The van der Waals surface area contributed by atoms with Gasteiger partial charge in [-0.05, 0) is 34.1 Å². The number of aliphatic hydroxyl groups is 1. The molecule has 6 nitrogen and oxygen atoms in total. The van der Waals surface area contributed by atoms with Crippen molar-refractivity contribution in [2.75, 3.05) is 18.0 Å². The Kier molecular flexibility index (Phi) is 3.46. The molecular formula is C14H22BN3O3. The SMILES string of the molecule is CC1(C)OB(c2cnc(N3CC[C@@H](O)C3)nc2)OC1(C)C. The van der Waals surface area contributed by atoms with E-state index in [0.717, 1.165) is 18.4 Å². The van der Waals surface area contributed by atoms with Crippen LogP contribution in [0.25, 0.3) is 0 Å². The molecule has 1 atom stereocenters. The standard InChI is InChI=1S/C14H22BN3O3/c1-13(2)14(3,4)21-15(20-13)10-7-16-12(17-8-10)18-6-5-11(19)9-18/h7-8,11,19H,5-6,9H2,1-4H3/t11-/m1/s1. The second-order valence-electron chi connectivity index (χ2n) is 6.79. The Hall–Kier alpha value is -1.18. The quantitative estimate of drug-likeness (QED) is 0.793. The molecule has 1 N–H and O–H groups in total. The maximum absolute atomic E-state index is 9.57. The molecule has 1 aromatic heterocycles. The molecule has 2 aliphatic heterocycles. The summed E-state index contributed by atoms with van der Waals surface area (Å²) >= 11 is 0. The van der Waals surface area contributed by atoms with E-state index >= 15 is 0 Å². The van der Waals surface area contributed by atoms with Gasteiger partial charge in [-0.3, -0.25) is 0 Å². The second-order valence-corrected chi connectivity index (χ2v) is 6.79. The molecule has 0 unspecified atom stereocenters. The Labute approximate surface area is 125 Å². The fraction of sp³-hybridized carbons (Fsp3) is 0.714. The number of hydrogen-bond acceptors (Lipinski definition) is 6. The summed E-state index contributed by atoms with van der Waals surface area (Å²) in [6.45, 7) is 9.47. The molecule has 2 fully saturated rings. The first-order valence-electron chi connectivity index (χ1n) is 7.39. The molecule has 0 spiro atoms. The van der Waals surface area contributed by atoms with Crippen molar-refractivity contribution >= 4 is 18.5 Å². The number of nitrogens with zero attached hydrogens (tertiary/aromatic N) is 3. The van der Waals surface area contributed by atoms with Crippen molar-refractivity contribution in [1.82, 2.24) is 9.97 Å². The largest absolute Gasteiger partial charge is 0.498 e. The van der Waals surface area contributed by atoms with E-state index in [1.807, 2.05) is 32.6 Å². The van der Waals surface area contributed by atoms with Gasteiger partial charge in [0.25, 0.3) is 0 Å². The van der Waals surface area contributed by atoms with E-state index in [1.54, 1.807) is 12.4 Å². The highest BCUT2D eigenvalue weighted by Gasteiger charge is 2.52. The van der Waals surface area contributed by atoms with Gasteiger partial charge < -0.3 is 19.3 Å². The molecule has 0 saturated carbocycles. The summed E-state index contributed by atoms with van der Waals surface area (Å²) in [5.74, 6) is 0.645. The van der Waals surface area contributed by atoms with Gasteiger partial charge in [0.1, 0.15) is 0 Å². The molecule has 114 valence electrons. The van der Waals surface area contributed by atoms with Gasteiger partial charge in [0.15, 0.2) is 0 Å². The predicted molar refractivity (Wildman–Crippen MR) is 80.6 cm³/mol. The smallest absolute Gasteiger partial charge is 0.399 e. The second kappa shape index (κ2) is 4.93. The highest BCUT2D eigenvalue weighted by molar-refractivity contribution is 6.61. The molecule has 0 aromatic carbocycles. The van der Waals surface area contributed by atoms with Crippen LogP contribution in [0.3, 0.4) is 0 Å². The molecule has 0 aliphatic carbocycles. The number of anilines is 1. The molecule has 2 aliphatic rings. The molecule has 21 heavy (non-hydrogen) atoms. The first-order valence-corrected chi connectivity index (χ1v) is 7.39.